The Morgan fingerprint density at radius 1 is 0.906 bits per heavy atom. The van der Waals surface area contributed by atoms with Gasteiger partial charge in [-0.15, -0.1) is 0 Å². The van der Waals surface area contributed by atoms with Crippen molar-refractivity contribution in [2.45, 2.75) is 65.2 Å². The molecule has 0 saturated heterocycles. The first-order valence-corrected chi connectivity index (χ1v) is 11.4. The zero-order valence-electron chi connectivity index (χ0n) is 19.2. The molecule has 0 aliphatic rings. The van der Waals surface area contributed by atoms with Gasteiger partial charge in [0.25, 0.3) is 0 Å². The number of allylic oxidation sites excluding steroid dienone is 1. The molecule has 32 heavy (non-hydrogen) atoms. The van der Waals surface area contributed by atoms with Crippen molar-refractivity contribution in [2.24, 2.45) is 5.73 Å². The Balaban J connectivity index is 2.02. The fraction of sp³-hybridized carbons (Fsp3) is 0.357. The number of ether oxygens (including phenoxy) is 1. The SMILES string of the molecule is CCCCCCCCC#Cc1ccc(CC(N)=C(C(=O)OC(C)=O)c2ccccc2)cc1. The second-order valence-corrected chi connectivity index (χ2v) is 7.84. The molecule has 2 rings (SSSR count). The summed E-state index contributed by atoms with van der Waals surface area (Å²) in [6.07, 6.45) is 8.88. The number of esters is 2. The quantitative estimate of drug-likeness (QED) is 0.170. The molecule has 0 atom stereocenters. The third-order valence-electron chi connectivity index (χ3n) is 5.06. The summed E-state index contributed by atoms with van der Waals surface area (Å²) < 4.78 is 4.80. The van der Waals surface area contributed by atoms with E-state index in [-0.39, 0.29) is 5.57 Å². The third kappa shape index (κ3) is 8.81. The molecule has 0 fully saturated rings. The summed E-state index contributed by atoms with van der Waals surface area (Å²) in [5.41, 5.74) is 9.39. The molecule has 2 aromatic carbocycles. The van der Waals surface area contributed by atoms with Crippen LogP contribution in [0.2, 0.25) is 0 Å². The monoisotopic (exact) mass is 431 g/mol. The zero-order valence-corrected chi connectivity index (χ0v) is 19.2. The molecule has 0 aromatic heterocycles. The number of rotatable bonds is 10. The van der Waals surface area contributed by atoms with Gasteiger partial charge in [-0.2, -0.15) is 0 Å². The second-order valence-electron chi connectivity index (χ2n) is 7.84. The maximum Gasteiger partial charge on any atom is 0.348 e. The van der Waals surface area contributed by atoms with Crippen LogP contribution in [-0.2, 0) is 20.7 Å². The number of carbonyl (C=O) groups is 2. The fourth-order valence-electron chi connectivity index (χ4n) is 3.39. The lowest BCUT2D eigenvalue weighted by molar-refractivity contribution is -0.153. The van der Waals surface area contributed by atoms with Gasteiger partial charge < -0.3 is 10.5 Å². The van der Waals surface area contributed by atoms with E-state index in [2.05, 4.69) is 18.8 Å². The van der Waals surface area contributed by atoms with Gasteiger partial charge in [-0.1, -0.05) is 93.3 Å². The first-order chi connectivity index (χ1) is 15.5. The highest BCUT2D eigenvalue weighted by molar-refractivity contribution is 6.19. The Labute approximate surface area is 191 Å². The highest BCUT2D eigenvalue weighted by Crippen LogP contribution is 2.21. The van der Waals surface area contributed by atoms with Gasteiger partial charge in [0.05, 0.1) is 5.57 Å². The van der Waals surface area contributed by atoms with Crippen LogP contribution in [0.4, 0.5) is 0 Å². The van der Waals surface area contributed by atoms with Gasteiger partial charge >= 0.3 is 11.9 Å². The minimum absolute atomic E-state index is 0.212. The summed E-state index contributed by atoms with van der Waals surface area (Å²) in [6.45, 7) is 3.43. The highest BCUT2D eigenvalue weighted by Gasteiger charge is 2.19. The molecule has 2 aromatic rings. The van der Waals surface area contributed by atoms with Gasteiger partial charge in [-0.05, 0) is 29.7 Å². The molecule has 0 unspecified atom stereocenters. The van der Waals surface area contributed by atoms with Crippen LogP contribution < -0.4 is 5.73 Å². The molecule has 168 valence electrons. The Morgan fingerprint density at radius 2 is 1.56 bits per heavy atom. The molecule has 2 N–H and O–H groups in total. The normalized spacial score (nSPS) is 11.2. The molecular weight excluding hydrogens is 398 g/mol. The van der Waals surface area contributed by atoms with Crippen LogP contribution in [-0.4, -0.2) is 11.9 Å². The molecule has 4 nitrogen and oxygen atoms in total. The average molecular weight is 432 g/mol. The fourth-order valence-corrected chi connectivity index (χ4v) is 3.39. The molecular formula is C28H33NO3. The largest absolute Gasteiger partial charge is 0.401 e. The minimum Gasteiger partial charge on any atom is -0.401 e. The summed E-state index contributed by atoms with van der Waals surface area (Å²) >= 11 is 0. The van der Waals surface area contributed by atoms with Crippen molar-refractivity contribution < 1.29 is 14.3 Å². The van der Waals surface area contributed by atoms with E-state index in [0.717, 1.165) is 24.0 Å². The molecule has 4 heteroatoms. The molecule has 0 spiro atoms. The molecule has 0 saturated carbocycles. The summed E-state index contributed by atoms with van der Waals surface area (Å²) in [6, 6.07) is 16.9. The van der Waals surface area contributed by atoms with Gasteiger partial charge in [0, 0.05) is 31.0 Å². The number of unbranched alkanes of at least 4 members (excludes halogenated alkanes) is 6. The van der Waals surface area contributed by atoms with Gasteiger partial charge in [-0.3, -0.25) is 4.79 Å². The van der Waals surface area contributed by atoms with Crippen LogP contribution in [0.3, 0.4) is 0 Å². The standard InChI is InChI=1S/C28H33NO3/c1-3-4-5-6-7-8-9-11-14-23-17-19-24(20-18-23)21-26(29)27(28(31)32-22(2)30)25-15-12-10-13-16-25/h10,12-13,15-20H,3-9,21,29H2,1-2H3. The summed E-state index contributed by atoms with van der Waals surface area (Å²) in [5.74, 6) is 5.06. The lowest BCUT2D eigenvalue weighted by Gasteiger charge is -2.11. The molecule has 0 bridgehead atoms. The molecule has 0 aliphatic carbocycles. The Kier molecular flexibility index (Phi) is 10.8. The van der Waals surface area contributed by atoms with E-state index in [4.69, 9.17) is 10.5 Å². The van der Waals surface area contributed by atoms with Crippen molar-refractivity contribution in [3.63, 3.8) is 0 Å². The molecule has 0 amide bonds. The number of carbonyl (C=O) groups excluding carboxylic acids is 2. The third-order valence-corrected chi connectivity index (χ3v) is 5.06. The van der Waals surface area contributed by atoms with Crippen LogP contribution in [0.1, 0.15) is 75.5 Å². The number of benzene rings is 2. The lowest BCUT2D eigenvalue weighted by Crippen LogP contribution is -2.17. The van der Waals surface area contributed by atoms with Gasteiger partial charge in [0.15, 0.2) is 0 Å². The van der Waals surface area contributed by atoms with Crippen molar-refractivity contribution in [1.82, 2.24) is 0 Å². The average Bonchev–Trinajstić information content (AvgIpc) is 2.77. The predicted octanol–water partition coefficient (Wildman–Crippen LogP) is 5.79. The van der Waals surface area contributed by atoms with E-state index in [9.17, 15) is 9.59 Å². The molecule has 0 radical (unpaired) electrons. The Morgan fingerprint density at radius 3 is 2.22 bits per heavy atom. The van der Waals surface area contributed by atoms with Crippen LogP contribution in [0.5, 0.6) is 0 Å². The van der Waals surface area contributed by atoms with E-state index in [1.54, 1.807) is 12.1 Å². The topological polar surface area (TPSA) is 69.4 Å². The van der Waals surface area contributed by atoms with Crippen molar-refractivity contribution in [2.75, 3.05) is 0 Å². The van der Waals surface area contributed by atoms with E-state index in [1.807, 2.05) is 42.5 Å². The summed E-state index contributed by atoms with van der Waals surface area (Å²) in [5, 5.41) is 0. The van der Waals surface area contributed by atoms with E-state index < -0.39 is 11.9 Å². The van der Waals surface area contributed by atoms with Crippen LogP contribution in [0, 0.1) is 11.8 Å². The Hall–Kier alpha value is -3.32. The summed E-state index contributed by atoms with van der Waals surface area (Å²) in [7, 11) is 0. The number of nitrogens with two attached hydrogens (primary N) is 1. The van der Waals surface area contributed by atoms with Crippen LogP contribution >= 0.6 is 0 Å². The van der Waals surface area contributed by atoms with Crippen molar-refractivity contribution >= 4 is 17.5 Å². The minimum atomic E-state index is -0.738. The van der Waals surface area contributed by atoms with E-state index in [1.165, 1.54) is 39.0 Å². The van der Waals surface area contributed by atoms with Crippen molar-refractivity contribution in [3.8, 4) is 11.8 Å². The van der Waals surface area contributed by atoms with Crippen LogP contribution in [0.15, 0.2) is 60.3 Å². The van der Waals surface area contributed by atoms with Crippen LogP contribution in [0.25, 0.3) is 5.57 Å². The number of hydrogen-bond acceptors (Lipinski definition) is 4. The molecule has 0 aliphatic heterocycles. The van der Waals surface area contributed by atoms with Gasteiger partial charge in [-0.25, -0.2) is 4.79 Å². The molecule has 0 heterocycles. The maximum atomic E-state index is 12.5. The van der Waals surface area contributed by atoms with E-state index >= 15 is 0 Å². The lowest BCUT2D eigenvalue weighted by atomic mass is 9.99. The first-order valence-electron chi connectivity index (χ1n) is 11.4. The maximum absolute atomic E-state index is 12.5. The smallest absolute Gasteiger partial charge is 0.348 e. The Bertz CT molecular complexity index is 963. The highest BCUT2D eigenvalue weighted by atomic mass is 16.6. The second kappa shape index (κ2) is 13.9. The van der Waals surface area contributed by atoms with Gasteiger partial charge in [0.2, 0.25) is 0 Å². The number of hydrogen-bond donors (Lipinski definition) is 1. The first kappa shape index (κ1) is 24.9. The predicted molar refractivity (Wildman–Crippen MR) is 129 cm³/mol. The van der Waals surface area contributed by atoms with Gasteiger partial charge in [0.1, 0.15) is 0 Å². The van der Waals surface area contributed by atoms with Crippen molar-refractivity contribution in [3.05, 3.63) is 77.0 Å². The zero-order chi connectivity index (χ0) is 23.2. The van der Waals surface area contributed by atoms with Crippen molar-refractivity contribution in [1.29, 1.82) is 0 Å². The van der Waals surface area contributed by atoms with E-state index in [0.29, 0.717) is 17.7 Å². The summed E-state index contributed by atoms with van der Waals surface area (Å²) in [4.78, 5) is 23.8.